The molecule has 2 aromatic heterocycles. The highest BCUT2D eigenvalue weighted by atomic mass is 35.5. The minimum absolute atomic E-state index is 0.0621. The van der Waals surface area contributed by atoms with E-state index < -0.39 is 0 Å². The molecule has 18 heavy (non-hydrogen) atoms. The molecule has 0 amide bonds. The first-order chi connectivity index (χ1) is 8.74. The Balaban J connectivity index is 2.37. The van der Waals surface area contributed by atoms with Crippen molar-refractivity contribution in [3.05, 3.63) is 41.2 Å². The van der Waals surface area contributed by atoms with Crippen LogP contribution in [0.4, 0.5) is 0 Å². The van der Waals surface area contributed by atoms with Gasteiger partial charge in [0.1, 0.15) is 6.33 Å². The molecule has 0 radical (unpaired) electrons. The van der Waals surface area contributed by atoms with Crippen LogP contribution in [0.1, 0.15) is 30.8 Å². The summed E-state index contributed by atoms with van der Waals surface area (Å²) in [6.07, 6.45) is 5.96. The van der Waals surface area contributed by atoms with E-state index in [9.17, 15) is 0 Å². The van der Waals surface area contributed by atoms with Crippen molar-refractivity contribution in [1.82, 2.24) is 25.1 Å². The summed E-state index contributed by atoms with van der Waals surface area (Å²) in [5, 5.41) is 8.25. The van der Waals surface area contributed by atoms with E-state index in [1.54, 1.807) is 23.4 Å². The Labute approximate surface area is 111 Å². The zero-order valence-electron chi connectivity index (χ0n) is 10.5. The van der Waals surface area contributed by atoms with Crippen LogP contribution in [0, 0.1) is 0 Å². The minimum Gasteiger partial charge on any atom is -0.304 e. The normalized spacial score (nSPS) is 12.6. The topological polar surface area (TPSA) is 55.6 Å². The summed E-state index contributed by atoms with van der Waals surface area (Å²) in [6, 6.07) is 1.82. The quantitative estimate of drug-likeness (QED) is 0.898. The Bertz CT molecular complexity index is 477. The molecule has 0 aliphatic rings. The summed E-state index contributed by atoms with van der Waals surface area (Å²) in [4.78, 5) is 8.24. The second-order valence-electron chi connectivity index (χ2n) is 4.02. The average molecular weight is 266 g/mol. The van der Waals surface area contributed by atoms with E-state index in [4.69, 9.17) is 11.6 Å². The number of hydrogen-bond donors (Lipinski definition) is 1. The van der Waals surface area contributed by atoms with Gasteiger partial charge in [-0.3, -0.25) is 4.68 Å². The van der Waals surface area contributed by atoms with Gasteiger partial charge in [-0.15, -0.1) is 0 Å². The van der Waals surface area contributed by atoms with Gasteiger partial charge in [-0.25, -0.2) is 9.97 Å². The highest BCUT2D eigenvalue weighted by molar-refractivity contribution is 6.31. The van der Waals surface area contributed by atoms with E-state index in [-0.39, 0.29) is 6.04 Å². The Morgan fingerprint density at radius 2 is 2.33 bits per heavy atom. The average Bonchev–Trinajstić information content (AvgIpc) is 2.72. The first-order valence-electron chi connectivity index (χ1n) is 5.90. The Hall–Kier alpha value is -1.46. The molecule has 5 nitrogen and oxygen atoms in total. The molecule has 1 N–H and O–H groups in total. The van der Waals surface area contributed by atoms with Crippen molar-refractivity contribution in [2.75, 3.05) is 6.54 Å². The molecule has 1 atom stereocenters. The SMILES string of the molecule is CCCNC(c1ccncn1)c1c(Cl)cnn1C. The van der Waals surface area contributed by atoms with E-state index in [0.29, 0.717) is 5.02 Å². The van der Waals surface area contributed by atoms with Gasteiger partial charge in [-0.05, 0) is 19.0 Å². The predicted molar refractivity (Wildman–Crippen MR) is 70.4 cm³/mol. The molecular formula is C12H16ClN5. The summed E-state index contributed by atoms with van der Waals surface area (Å²) in [5.74, 6) is 0. The van der Waals surface area contributed by atoms with Crippen molar-refractivity contribution in [2.24, 2.45) is 7.05 Å². The van der Waals surface area contributed by atoms with Gasteiger partial charge in [0.25, 0.3) is 0 Å². The van der Waals surface area contributed by atoms with Crippen LogP contribution >= 0.6 is 11.6 Å². The number of aromatic nitrogens is 4. The third-order valence-electron chi connectivity index (χ3n) is 2.71. The Morgan fingerprint density at radius 1 is 1.50 bits per heavy atom. The van der Waals surface area contributed by atoms with Crippen LogP contribution in [0.15, 0.2) is 24.8 Å². The van der Waals surface area contributed by atoms with E-state index in [1.165, 1.54) is 0 Å². The molecule has 0 bridgehead atoms. The molecular weight excluding hydrogens is 250 g/mol. The van der Waals surface area contributed by atoms with Gasteiger partial charge in [-0.1, -0.05) is 18.5 Å². The third kappa shape index (κ3) is 2.68. The Morgan fingerprint density at radius 3 is 2.89 bits per heavy atom. The maximum atomic E-state index is 6.20. The Kier molecular flexibility index (Phi) is 4.28. The number of hydrogen-bond acceptors (Lipinski definition) is 4. The highest BCUT2D eigenvalue weighted by Gasteiger charge is 2.21. The lowest BCUT2D eigenvalue weighted by molar-refractivity contribution is 0.543. The zero-order valence-corrected chi connectivity index (χ0v) is 11.2. The van der Waals surface area contributed by atoms with Gasteiger partial charge in [0.2, 0.25) is 0 Å². The summed E-state index contributed by atoms with van der Waals surface area (Å²) in [5.41, 5.74) is 1.81. The van der Waals surface area contributed by atoms with Gasteiger partial charge in [0, 0.05) is 13.2 Å². The van der Waals surface area contributed by atoms with Crippen LogP contribution in [-0.2, 0) is 7.05 Å². The molecule has 96 valence electrons. The van der Waals surface area contributed by atoms with Gasteiger partial charge in [-0.2, -0.15) is 5.10 Å². The maximum absolute atomic E-state index is 6.20. The predicted octanol–water partition coefficient (Wildman–Crippen LogP) is 1.95. The second-order valence-corrected chi connectivity index (χ2v) is 4.43. The number of rotatable bonds is 5. The van der Waals surface area contributed by atoms with Gasteiger partial charge >= 0.3 is 0 Å². The molecule has 0 fully saturated rings. The van der Waals surface area contributed by atoms with Crippen molar-refractivity contribution < 1.29 is 0 Å². The molecule has 2 aromatic rings. The summed E-state index contributed by atoms with van der Waals surface area (Å²) in [7, 11) is 1.88. The molecule has 0 aromatic carbocycles. The monoisotopic (exact) mass is 265 g/mol. The van der Waals surface area contributed by atoms with E-state index in [2.05, 4.69) is 27.3 Å². The van der Waals surface area contributed by atoms with Gasteiger partial charge in [0.05, 0.1) is 28.6 Å². The molecule has 0 saturated carbocycles. The first-order valence-corrected chi connectivity index (χ1v) is 6.28. The number of nitrogens with one attached hydrogen (secondary N) is 1. The summed E-state index contributed by atoms with van der Waals surface area (Å²) < 4.78 is 1.78. The number of nitrogens with zero attached hydrogens (tertiary/aromatic N) is 4. The smallest absolute Gasteiger partial charge is 0.115 e. The first kappa shape index (κ1) is 13.0. The van der Waals surface area contributed by atoms with Crippen molar-refractivity contribution in [3.8, 4) is 0 Å². The maximum Gasteiger partial charge on any atom is 0.115 e. The van der Waals surface area contributed by atoms with Crippen LogP contribution in [0.5, 0.6) is 0 Å². The van der Waals surface area contributed by atoms with E-state index in [1.807, 2.05) is 13.1 Å². The molecule has 2 heterocycles. The second kappa shape index (κ2) is 5.93. The zero-order chi connectivity index (χ0) is 13.0. The highest BCUT2D eigenvalue weighted by Crippen LogP contribution is 2.26. The van der Waals surface area contributed by atoms with Crippen LogP contribution < -0.4 is 5.32 Å². The lowest BCUT2D eigenvalue weighted by atomic mass is 10.1. The van der Waals surface area contributed by atoms with E-state index >= 15 is 0 Å². The lowest BCUT2D eigenvalue weighted by Crippen LogP contribution is -2.26. The molecule has 2 rings (SSSR count). The molecule has 1 unspecified atom stereocenters. The molecule has 6 heteroatoms. The standard InChI is InChI=1S/C12H16ClN5/c1-3-5-15-11(10-4-6-14-8-16-10)12-9(13)7-17-18(12)2/h4,6-8,11,15H,3,5H2,1-2H3. The van der Waals surface area contributed by atoms with Crippen molar-refractivity contribution >= 4 is 11.6 Å². The van der Waals surface area contributed by atoms with Crippen molar-refractivity contribution in [1.29, 1.82) is 0 Å². The summed E-state index contributed by atoms with van der Waals surface area (Å²) in [6.45, 7) is 3.01. The van der Waals surface area contributed by atoms with Crippen LogP contribution in [0.3, 0.4) is 0 Å². The summed E-state index contributed by atoms with van der Waals surface area (Å²) >= 11 is 6.20. The third-order valence-corrected chi connectivity index (χ3v) is 3.00. The van der Waals surface area contributed by atoms with Crippen molar-refractivity contribution in [2.45, 2.75) is 19.4 Å². The number of halogens is 1. The molecule has 0 aliphatic heterocycles. The van der Waals surface area contributed by atoms with Crippen LogP contribution in [-0.4, -0.2) is 26.3 Å². The fourth-order valence-electron chi connectivity index (χ4n) is 1.85. The number of aryl methyl sites for hydroxylation is 1. The van der Waals surface area contributed by atoms with Crippen LogP contribution in [0.2, 0.25) is 5.02 Å². The van der Waals surface area contributed by atoms with Crippen LogP contribution in [0.25, 0.3) is 0 Å². The van der Waals surface area contributed by atoms with Crippen molar-refractivity contribution in [3.63, 3.8) is 0 Å². The lowest BCUT2D eigenvalue weighted by Gasteiger charge is -2.18. The minimum atomic E-state index is -0.0621. The van der Waals surface area contributed by atoms with Gasteiger partial charge in [0.15, 0.2) is 0 Å². The fraction of sp³-hybridized carbons (Fsp3) is 0.417. The molecule has 0 aliphatic carbocycles. The molecule has 0 saturated heterocycles. The van der Waals surface area contributed by atoms with E-state index in [0.717, 1.165) is 24.4 Å². The fourth-order valence-corrected chi connectivity index (χ4v) is 2.12. The van der Waals surface area contributed by atoms with Gasteiger partial charge < -0.3 is 5.32 Å². The largest absolute Gasteiger partial charge is 0.304 e. The molecule has 0 spiro atoms.